The third-order valence-corrected chi connectivity index (χ3v) is 4.23. The molecule has 1 aromatic carbocycles. The minimum absolute atomic E-state index is 0.145. The molecule has 1 amide bonds. The van der Waals surface area contributed by atoms with E-state index in [-0.39, 0.29) is 17.2 Å². The lowest BCUT2D eigenvalue weighted by molar-refractivity contribution is -0.384. The molecule has 1 heterocycles. The number of nitro groups is 1. The van der Waals surface area contributed by atoms with Crippen molar-refractivity contribution in [3.8, 4) is 0 Å². The summed E-state index contributed by atoms with van der Waals surface area (Å²) in [4.78, 5) is 35.8. The zero-order valence-corrected chi connectivity index (χ0v) is 12.5. The Morgan fingerprint density at radius 3 is 2.68 bits per heavy atom. The van der Waals surface area contributed by atoms with Gasteiger partial charge in [0.15, 0.2) is 0 Å². The Bertz CT molecular complexity index is 628. The summed E-state index contributed by atoms with van der Waals surface area (Å²) in [6, 6.07) is 3.72. The third-order valence-electron chi connectivity index (χ3n) is 4.23. The number of carbonyl (C=O) groups is 2. The first-order valence-electron chi connectivity index (χ1n) is 7.11. The molecule has 7 nitrogen and oxygen atoms in total. The Kier molecular flexibility index (Phi) is 4.44. The van der Waals surface area contributed by atoms with Crippen LogP contribution in [0, 0.1) is 23.0 Å². The van der Waals surface area contributed by atoms with Gasteiger partial charge in [0, 0.05) is 30.3 Å². The van der Waals surface area contributed by atoms with Crippen LogP contribution in [0.1, 0.15) is 35.7 Å². The summed E-state index contributed by atoms with van der Waals surface area (Å²) in [7, 11) is 0. The predicted molar refractivity (Wildman–Crippen MR) is 78.7 cm³/mol. The van der Waals surface area contributed by atoms with Crippen molar-refractivity contribution in [2.75, 3.05) is 6.54 Å². The predicted octanol–water partition coefficient (Wildman–Crippen LogP) is 2.23. The van der Waals surface area contributed by atoms with E-state index in [1.54, 1.807) is 13.8 Å². The van der Waals surface area contributed by atoms with E-state index in [9.17, 15) is 24.8 Å². The molecule has 7 heteroatoms. The van der Waals surface area contributed by atoms with Crippen LogP contribution >= 0.6 is 0 Å². The lowest BCUT2D eigenvalue weighted by atomic mass is 9.89. The second-order valence-electron chi connectivity index (χ2n) is 5.58. The Balaban J connectivity index is 2.33. The van der Waals surface area contributed by atoms with Gasteiger partial charge in [-0.1, -0.05) is 6.07 Å². The lowest BCUT2D eigenvalue weighted by Gasteiger charge is -2.37. The van der Waals surface area contributed by atoms with Gasteiger partial charge in [-0.15, -0.1) is 0 Å². The molecule has 0 saturated carbocycles. The highest BCUT2D eigenvalue weighted by molar-refractivity contribution is 5.96. The normalized spacial score (nSPS) is 21.5. The summed E-state index contributed by atoms with van der Waals surface area (Å²) in [5.74, 6) is -1.86. The van der Waals surface area contributed by atoms with Gasteiger partial charge in [-0.25, -0.2) is 0 Å². The number of carboxylic acid groups (broad SMARTS) is 1. The van der Waals surface area contributed by atoms with E-state index in [0.717, 1.165) is 0 Å². The molecule has 0 aliphatic carbocycles. The van der Waals surface area contributed by atoms with E-state index in [2.05, 4.69) is 0 Å². The highest BCUT2D eigenvalue weighted by atomic mass is 16.6. The van der Waals surface area contributed by atoms with Gasteiger partial charge in [-0.3, -0.25) is 19.7 Å². The van der Waals surface area contributed by atoms with Gasteiger partial charge in [0.05, 0.1) is 10.8 Å². The molecular weight excluding hydrogens is 288 g/mol. The topological polar surface area (TPSA) is 101 Å². The maximum Gasteiger partial charge on any atom is 0.308 e. The molecule has 0 aromatic heterocycles. The summed E-state index contributed by atoms with van der Waals surface area (Å²) in [5, 5.41) is 20.1. The van der Waals surface area contributed by atoms with E-state index in [1.165, 1.54) is 23.1 Å². The smallest absolute Gasteiger partial charge is 0.308 e. The van der Waals surface area contributed by atoms with Gasteiger partial charge in [-0.2, -0.15) is 0 Å². The van der Waals surface area contributed by atoms with Crippen molar-refractivity contribution >= 4 is 17.6 Å². The number of aliphatic carboxylic acids is 1. The van der Waals surface area contributed by atoms with Crippen molar-refractivity contribution in [1.29, 1.82) is 0 Å². The third kappa shape index (κ3) is 2.93. The zero-order valence-electron chi connectivity index (χ0n) is 12.5. The second kappa shape index (κ2) is 6.13. The van der Waals surface area contributed by atoms with Crippen LogP contribution in [0.15, 0.2) is 18.2 Å². The molecule has 22 heavy (non-hydrogen) atoms. The minimum atomic E-state index is -0.916. The Labute approximate surface area is 127 Å². The average Bonchev–Trinajstić information content (AvgIpc) is 2.46. The number of benzene rings is 1. The molecule has 2 rings (SSSR count). The van der Waals surface area contributed by atoms with Crippen LogP contribution in [-0.2, 0) is 4.79 Å². The molecule has 0 bridgehead atoms. The van der Waals surface area contributed by atoms with Crippen molar-refractivity contribution in [3.63, 3.8) is 0 Å². The summed E-state index contributed by atoms with van der Waals surface area (Å²) in [6.45, 7) is 3.88. The van der Waals surface area contributed by atoms with E-state index in [0.29, 0.717) is 24.9 Å². The Morgan fingerprint density at radius 2 is 2.09 bits per heavy atom. The minimum Gasteiger partial charge on any atom is -0.481 e. The number of rotatable bonds is 3. The van der Waals surface area contributed by atoms with Gasteiger partial charge in [0.2, 0.25) is 0 Å². The van der Waals surface area contributed by atoms with Crippen LogP contribution in [0.4, 0.5) is 5.69 Å². The number of carbonyl (C=O) groups excluding carboxylic acids is 1. The molecular formula is C15H18N2O5. The van der Waals surface area contributed by atoms with Crippen LogP contribution in [0.5, 0.6) is 0 Å². The van der Waals surface area contributed by atoms with E-state index in [4.69, 9.17) is 0 Å². The molecule has 1 aromatic rings. The highest BCUT2D eigenvalue weighted by Crippen LogP contribution is 2.27. The van der Waals surface area contributed by atoms with Crippen LogP contribution in [0.25, 0.3) is 0 Å². The average molecular weight is 306 g/mol. The molecule has 1 aliphatic heterocycles. The number of nitro benzene ring substituents is 1. The van der Waals surface area contributed by atoms with Gasteiger partial charge in [-0.05, 0) is 32.3 Å². The number of nitrogens with zero attached hydrogens (tertiary/aromatic N) is 2. The van der Waals surface area contributed by atoms with Crippen molar-refractivity contribution in [1.82, 2.24) is 4.90 Å². The summed E-state index contributed by atoms with van der Waals surface area (Å²) >= 11 is 0. The molecule has 1 saturated heterocycles. The maximum absolute atomic E-state index is 12.7. The van der Waals surface area contributed by atoms with Crippen molar-refractivity contribution in [3.05, 3.63) is 39.4 Å². The number of aryl methyl sites for hydroxylation is 1. The number of hydrogen-bond donors (Lipinski definition) is 1. The number of hydrogen-bond acceptors (Lipinski definition) is 4. The maximum atomic E-state index is 12.7. The van der Waals surface area contributed by atoms with Crippen LogP contribution in [0.3, 0.4) is 0 Å². The van der Waals surface area contributed by atoms with Crippen molar-refractivity contribution < 1.29 is 19.6 Å². The number of amides is 1. The van der Waals surface area contributed by atoms with Gasteiger partial charge < -0.3 is 10.0 Å². The monoisotopic (exact) mass is 306 g/mol. The van der Waals surface area contributed by atoms with Crippen molar-refractivity contribution in [2.24, 2.45) is 5.92 Å². The number of likely N-dealkylation sites (tertiary alicyclic amines) is 1. The molecule has 0 spiro atoms. The fraction of sp³-hybridized carbons (Fsp3) is 0.467. The zero-order chi connectivity index (χ0) is 16.4. The van der Waals surface area contributed by atoms with Crippen LogP contribution in [0.2, 0.25) is 0 Å². The molecule has 2 atom stereocenters. The standard InChI is InChI=1S/C15H18N2O5/c1-9-5-6-11(17(21)22)8-13(9)14(18)16-7-3-4-12(10(16)2)15(19)20/h5-6,8,10,12H,3-4,7H2,1-2H3,(H,19,20)/t10-,12-/m1/s1. The van der Waals surface area contributed by atoms with E-state index < -0.39 is 22.9 Å². The molecule has 1 N–H and O–H groups in total. The molecule has 1 fully saturated rings. The first-order valence-corrected chi connectivity index (χ1v) is 7.11. The Morgan fingerprint density at radius 1 is 1.41 bits per heavy atom. The van der Waals surface area contributed by atoms with E-state index in [1.807, 2.05) is 0 Å². The van der Waals surface area contributed by atoms with Gasteiger partial charge in [0.1, 0.15) is 0 Å². The quantitative estimate of drug-likeness (QED) is 0.681. The lowest BCUT2D eigenvalue weighted by Crippen LogP contribution is -2.49. The second-order valence-corrected chi connectivity index (χ2v) is 5.58. The fourth-order valence-corrected chi connectivity index (χ4v) is 2.87. The highest BCUT2D eigenvalue weighted by Gasteiger charge is 2.36. The first kappa shape index (κ1) is 15.9. The van der Waals surface area contributed by atoms with E-state index >= 15 is 0 Å². The van der Waals surface area contributed by atoms with Gasteiger partial charge in [0.25, 0.3) is 11.6 Å². The molecule has 0 radical (unpaired) electrons. The fourth-order valence-electron chi connectivity index (χ4n) is 2.87. The summed E-state index contributed by atoms with van der Waals surface area (Å²) in [6.07, 6.45) is 1.15. The van der Waals surface area contributed by atoms with Crippen LogP contribution in [-0.4, -0.2) is 39.4 Å². The summed E-state index contributed by atoms with van der Waals surface area (Å²) in [5.41, 5.74) is 0.751. The van der Waals surface area contributed by atoms with Gasteiger partial charge >= 0.3 is 5.97 Å². The summed E-state index contributed by atoms with van der Waals surface area (Å²) < 4.78 is 0. The number of non-ortho nitro benzene ring substituents is 1. The Hall–Kier alpha value is -2.44. The largest absolute Gasteiger partial charge is 0.481 e. The van der Waals surface area contributed by atoms with Crippen LogP contribution < -0.4 is 0 Å². The SMILES string of the molecule is Cc1ccc([N+](=O)[O-])cc1C(=O)N1CCC[C@@H](C(=O)O)[C@H]1C. The number of piperidine rings is 1. The number of carboxylic acids is 1. The molecule has 0 unspecified atom stereocenters. The first-order chi connectivity index (χ1) is 10.3. The molecule has 1 aliphatic rings. The van der Waals surface area contributed by atoms with Crippen molar-refractivity contribution in [2.45, 2.75) is 32.7 Å². The molecule has 118 valence electrons.